The third-order valence-corrected chi connectivity index (χ3v) is 4.54. The molecule has 0 aliphatic heterocycles. The predicted molar refractivity (Wildman–Crippen MR) is 95.3 cm³/mol. The molecule has 6 nitrogen and oxygen atoms in total. The van der Waals surface area contributed by atoms with Crippen LogP contribution >= 0.6 is 27.3 Å². The quantitative estimate of drug-likeness (QED) is 0.714. The standard InChI is InChI=1S/C16H17BrN2O4S/c1-3-22-11-4-6-12(7-5-11)23-10(2)15(20)18-19-16(21)13-8-9-14(17)24-13/h4-10H,3H2,1-2H3,(H,18,20)(H,19,21). The molecule has 8 heteroatoms. The average molecular weight is 413 g/mol. The van der Waals surface area contributed by atoms with Crippen LogP contribution in [0.5, 0.6) is 11.5 Å². The fourth-order valence-electron chi connectivity index (χ4n) is 1.76. The summed E-state index contributed by atoms with van der Waals surface area (Å²) >= 11 is 4.55. The molecule has 128 valence electrons. The van der Waals surface area contributed by atoms with Gasteiger partial charge in [-0.1, -0.05) is 0 Å². The first-order valence-electron chi connectivity index (χ1n) is 7.24. The minimum atomic E-state index is -0.765. The Balaban J connectivity index is 1.82. The van der Waals surface area contributed by atoms with Crippen LogP contribution in [-0.2, 0) is 4.79 Å². The molecule has 24 heavy (non-hydrogen) atoms. The molecule has 0 spiro atoms. The number of benzene rings is 1. The minimum absolute atomic E-state index is 0.382. The maximum Gasteiger partial charge on any atom is 0.279 e. The van der Waals surface area contributed by atoms with Crippen molar-refractivity contribution in [2.75, 3.05) is 6.61 Å². The molecule has 0 saturated carbocycles. The van der Waals surface area contributed by atoms with Gasteiger partial charge < -0.3 is 9.47 Å². The van der Waals surface area contributed by atoms with Gasteiger partial charge in [0, 0.05) is 0 Å². The van der Waals surface area contributed by atoms with Gasteiger partial charge >= 0.3 is 0 Å². The van der Waals surface area contributed by atoms with E-state index in [0.717, 1.165) is 9.54 Å². The summed E-state index contributed by atoms with van der Waals surface area (Å²) in [6.07, 6.45) is -0.765. The topological polar surface area (TPSA) is 76.7 Å². The van der Waals surface area contributed by atoms with Gasteiger partial charge in [-0.05, 0) is 66.2 Å². The molecule has 0 saturated heterocycles. The van der Waals surface area contributed by atoms with Crippen molar-refractivity contribution in [1.29, 1.82) is 0 Å². The van der Waals surface area contributed by atoms with E-state index in [4.69, 9.17) is 9.47 Å². The van der Waals surface area contributed by atoms with E-state index in [1.807, 2.05) is 6.92 Å². The van der Waals surface area contributed by atoms with Crippen LogP contribution in [0.3, 0.4) is 0 Å². The van der Waals surface area contributed by atoms with Crippen molar-refractivity contribution in [1.82, 2.24) is 10.9 Å². The molecular weight excluding hydrogens is 396 g/mol. The van der Waals surface area contributed by atoms with Crippen LogP contribution in [0.2, 0.25) is 0 Å². The Morgan fingerprint density at radius 3 is 2.38 bits per heavy atom. The van der Waals surface area contributed by atoms with Gasteiger partial charge in [-0.3, -0.25) is 20.4 Å². The number of carbonyl (C=O) groups is 2. The van der Waals surface area contributed by atoms with Crippen LogP contribution in [0.25, 0.3) is 0 Å². The van der Waals surface area contributed by atoms with Gasteiger partial charge in [0.1, 0.15) is 11.5 Å². The van der Waals surface area contributed by atoms with Crippen molar-refractivity contribution in [2.24, 2.45) is 0 Å². The fraction of sp³-hybridized carbons (Fsp3) is 0.250. The van der Waals surface area contributed by atoms with Crippen LogP contribution in [-0.4, -0.2) is 24.5 Å². The SMILES string of the molecule is CCOc1ccc(OC(C)C(=O)NNC(=O)c2ccc(Br)s2)cc1. The highest BCUT2D eigenvalue weighted by atomic mass is 79.9. The van der Waals surface area contributed by atoms with Crippen LogP contribution < -0.4 is 20.3 Å². The molecule has 2 amide bonds. The fourth-order valence-corrected chi connectivity index (χ4v) is 3.04. The minimum Gasteiger partial charge on any atom is -0.494 e. The largest absolute Gasteiger partial charge is 0.494 e. The highest BCUT2D eigenvalue weighted by Gasteiger charge is 2.16. The van der Waals surface area contributed by atoms with Crippen molar-refractivity contribution < 1.29 is 19.1 Å². The number of rotatable bonds is 6. The van der Waals surface area contributed by atoms with E-state index in [-0.39, 0.29) is 5.91 Å². The normalized spacial score (nSPS) is 11.5. The molecule has 1 aromatic heterocycles. The Labute approximate surface area is 152 Å². The second-order valence-corrected chi connectivity index (χ2v) is 7.17. The zero-order valence-corrected chi connectivity index (χ0v) is 15.6. The van der Waals surface area contributed by atoms with Gasteiger partial charge in [0.2, 0.25) is 0 Å². The van der Waals surface area contributed by atoms with E-state index in [9.17, 15) is 9.59 Å². The summed E-state index contributed by atoms with van der Waals surface area (Å²) < 4.78 is 11.7. The Hall–Kier alpha value is -2.06. The monoisotopic (exact) mass is 412 g/mol. The van der Waals surface area contributed by atoms with E-state index in [0.29, 0.717) is 17.2 Å². The number of halogens is 1. The lowest BCUT2D eigenvalue weighted by molar-refractivity contribution is -0.128. The molecule has 2 rings (SSSR count). The summed E-state index contributed by atoms with van der Waals surface area (Å²) in [6, 6.07) is 10.4. The van der Waals surface area contributed by atoms with Crippen molar-refractivity contribution in [2.45, 2.75) is 20.0 Å². The number of hydrazine groups is 1. The summed E-state index contributed by atoms with van der Waals surface area (Å²) in [6.45, 7) is 4.08. The number of hydrogen-bond acceptors (Lipinski definition) is 5. The summed E-state index contributed by atoms with van der Waals surface area (Å²) in [4.78, 5) is 24.3. The first-order valence-corrected chi connectivity index (χ1v) is 8.85. The number of carbonyl (C=O) groups excluding carboxylic acids is 2. The molecule has 0 aliphatic carbocycles. The van der Waals surface area contributed by atoms with Gasteiger partial charge in [0.15, 0.2) is 6.10 Å². The van der Waals surface area contributed by atoms with E-state index >= 15 is 0 Å². The van der Waals surface area contributed by atoms with Crippen molar-refractivity contribution in [3.63, 3.8) is 0 Å². The molecule has 0 radical (unpaired) electrons. The highest BCUT2D eigenvalue weighted by Crippen LogP contribution is 2.21. The van der Waals surface area contributed by atoms with E-state index < -0.39 is 12.0 Å². The van der Waals surface area contributed by atoms with Gasteiger partial charge in [-0.25, -0.2) is 0 Å². The molecule has 2 aromatic rings. The van der Waals surface area contributed by atoms with E-state index in [1.54, 1.807) is 43.3 Å². The average Bonchev–Trinajstić information content (AvgIpc) is 3.01. The maximum absolute atomic E-state index is 12.0. The molecular formula is C16H17BrN2O4S. The number of thiophene rings is 1. The van der Waals surface area contributed by atoms with Crippen molar-refractivity contribution >= 4 is 39.1 Å². The van der Waals surface area contributed by atoms with Gasteiger partial charge in [-0.15, -0.1) is 11.3 Å². The molecule has 1 atom stereocenters. The molecule has 0 fully saturated rings. The predicted octanol–water partition coefficient (Wildman–Crippen LogP) is 3.14. The third kappa shape index (κ3) is 5.24. The van der Waals surface area contributed by atoms with Crippen LogP contribution in [0.15, 0.2) is 40.2 Å². The second kappa shape index (κ2) is 8.70. The number of amides is 2. The van der Waals surface area contributed by atoms with E-state index in [2.05, 4.69) is 26.8 Å². The lowest BCUT2D eigenvalue weighted by Crippen LogP contribution is -2.47. The zero-order valence-electron chi connectivity index (χ0n) is 13.2. The summed E-state index contributed by atoms with van der Waals surface area (Å²) in [7, 11) is 0. The highest BCUT2D eigenvalue weighted by molar-refractivity contribution is 9.11. The first-order chi connectivity index (χ1) is 11.5. The molecule has 1 aromatic carbocycles. The van der Waals surface area contributed by atoms with E-state index in [1.165, 1.54) is 11.3 Å². The van der Waals surface area contributed by atoms with Gasteiger partial charge in [0.25, 0.3) is 11.8 Å². The second-order valence-electron chi connectivity index (χ2n) is 4.71. The zero-order chi connectivity index (χ0) is 17.5. The Bertz CT molecular complexity index is 702. The number of hydrogen-bond donors (Lipinski definition) is 2. The summed E-state index contributed by atoms with van der Waals surface area (Å²) in [5, 5.41) is 0. The third-order valence-electron chi connectivity index (χ3n) is 2.91. The summed E-state index contributed by atoms with van der Waals surface area (Å²) in [5.41, 5.74) is 4.70. The molecule has 0 aliphatic rings. The van der Waals surface area contributed by atoms with Crippen LogP contribution in [0.1, 0.15) is 23.5 Å². The Morgan fingerprint density at radius 1 is 1.12 bits per heavy atom. The smallest absolute Gasteiger partial charge is 0.279 e. The van der Waals surface area contributed by atoms with Crippen molar-refractivity contribution in [3.8, 4) is 11.5 Å². The first kappa shape index (κ1) is 18.3. The lowest BCUT2D eigenvalue weighted by atomic mass is 10.3. The lowest BCUT2D eigenvalue weighted by Gasteiger charge is -2.15. The summed E-state index contributed by atoms with van der Waals surface area (Å²) in [5.74, 6) is 0.436. The molecule has 0 bridgehead atoms. The maximum atomic E-state index is 12.0. The molecule has 1 unspecified atom stereocenters. The number of nitrogens with one attached hydrogen (secondary N) is 2. The van der Waals surface area contributed by atoms with Crippen LogP contribution in [0.4, 0.5) is 0 Å². The van der Waals surface area contributed by atoms with Crippen molar-refractivity contribution in [3.05, 3.63) is 45.1 Å². The molecule has 2 N–H and O–H groups in total. The molecule has 1 heterocycles. The Morgan fingerprint density at radius 2 is 1.79 bits per heavy atom. The van der Waals surface area contributed by atoms with Gasteiger partial charge in [-0.2, -0.15) is 0 Å². The Kier molecular flexibility index (Phi) is 6.62. The van der Waals surface area contributed by atoms with Crippen LogP contribution in [0, 0.1) is 0 Å². The van der Waals surface area contributed by atoms with Gasteiger partial charge in [0.05, 0.1) is 15.3 Å². The number of ether oxygens (including phenoxy) is 2.